The van der Waals surface area contributed by atoms with Gasteiger partial charge in [0.15, 0.2) is 0 Å². The van der Waals surface area contributed by atoms with E-state index < -0.39 is 6.04 Å². The number of carbonyl (C=O) groups excluding carboxylic acids is 3. The molecule has 33 heavy (non-hydrogen) atoms. The number of hydrogen-bond donors (Lipinski definition) is 0. The van der Waals surface area contributed by atoms with Gasteiger partial charge in [0.25, 0.3) is 11.8 Å². The summed E-state index contributed by atoms with van der Waals surface area (Å²) in [5.41, 5.74) is 1.33. The second-order valence-electron chi connectivity index (χ2n) is 9.43. The molecule has 0 aromatic heterocycles. The number of carbonyl (C=O) groups is 3. The summed E-state index contributed by atoms with van der Waals surface area (Å²) in [7, 11) is 0. The maximum Gasteiger partial charge on any atom is 0.254 e. The molecule has 3 fully saturated rings. The number of fused-ring (bicyclic) bond motifs is 1. The Hall–Kier alpha value is -3.15. The summed E-state index contributed by atoms with van der Waals surface area (Å²) in [4.78, 5) is 45.5. The van der Waals surface area contributed by atoms with E-state index in [0.29, 0.717) is 43.2 Å². The van der Waals surface area contributed by atoms with E-state index in [1.54, 1.807) is 0 Å². The van der Waals surface area contributed by atoms with Crippen LogP contribution in [0.5, 0.6) is 0 Å². The molecule has 3 amide bonds. The number of amides is 3. The van der Waals surface area contributed by atoms with Crippen molar-refractivity contribution < 1.29 is 14.4 Å². The molecule has 5 rings (SSSR count). The molecule has 0 radical (unpaired) electrons. The van der Waals surface area contributed by atoms with Crippen LogP contribution in [0.25, 0.3) is 0 Å². The molecule has 0 spiro atoms. The average molecular weight is 446 g/mol. The van der Waals surface area contributed by atoms with Gasteiger partial charge in [-0.05, 0) is 49.4 Å². The van der Waals surface area contributed by atoms with Gasteiger partial charge >= 0.3 is 0 Å². The van der Waals surface area contributed by atoms with Crippen LogP contribution in [0.3, 0.4) is 0 Å². The fourth-order valence-electron chi connectivity index (χ4n) is 5.81. The maximum absolute atomic E-state index is 13.7. The molecular formula is C27H31N3O3. The van der Waals surface area contributed by atoms with Crippen molar-refractivity contribution in [3.05, 3.63) is 71.8 Å². The molecule has 3 aliphatic rings. The largest absolute Gasteiger partial charge is 0.337 e. The number of rotatable bonds is 3. The molecule has 2 heterocycles. The van der Waals surface area contributed by atoms with Crippen molar-refractivity contribution in [3.8, 4) is 0 Å². The van der Waals surface area contributed by atoms with Crippen LogP contribution in [0, 0.1) is 5.92 Å². The lowest BCUT2D eigenvalue weighted by Gasteiger charge is -2.38. The molecule has 2 saturated heterocycles. The number of nitrogens with zero attached hydrogens (tertiary/aromatic N) is 3. The predicted octanol–water partition coefficient (Wildman–Crippen LogP) is 3.44. The summed E-state index contributed by atoms with van der Waals surface area (Å²) < 4.78 is 0. The minimum atomic E-state index is -0.401. The second kappa shape index (κ2) is 9.38. The summed E-state index contributed by atoms with van der Waals surface area (Å²) >= 11 is 0. The highest BCUT2D eigenvalue weighted by molar-refractivity contribution is 5.98. The van der Waals surface area contributed by atoms with E-state index in [-0.39, 0.29) is 23.8 Å². The molecule has 2 aromatic rings. The van der Waals surface area contributed by atoms with E-state index in [1.807, 2.05) is 75.4 Å². The van der Waals surface area contributed by atoms with Gasteiger partial charge in [-0.25, -0.2) is 0 Å². The molecule has 3 atom stereocenters. The van der Waals surface area contributed by atoms with E-state index in [4.69, 9.17) is 0 Å². The first-order chi connectivity index (χ1) is 16.1. The van der Waals surface area contributed by atoms with Gasteiger partial charge in [0.05, 0.1) is 0 Å². The smallest absolute Gasteiger partial charge is 0.254 e. The van der Waals surface area contributed by atoms with Crippen LogP contribution in [0.2, 0.25) is 0 Å². The molecule has 3 unspecified atom stereocenters. The highest BCUT2D eigenvalue weighted by atomic mass is 16.2. The van der Waals surface area contributed by atoms with Crippen LogP contribution in [-0.2, 0) is 4.79 Å². The SMILES string of the molecule is O=C(c1ccccc1)N1CCN(C(=O)C2CC3CCCCC3N2C(=O)c2ccccc2)CC1. The Morgan fingerprint density at radius 1 is 0.667 bits per heavy atom. The number of benzene rings is 2. The number of likely N-dealkylation sites (tertiary alicyclic amines) is 1. The van der Waals surface area contributed by atoms with Gasteiger partial charge < -0.3 is 14.7 Å². The van der Waals surface area contributed by atoms with Crippen molar-refractivity contribution in [2.45, 2.75) is 44.2 Å². The van der Waals surface area contributed by atoms with Crippen LogP contribution in [-0.4, -0.2) is 70.7 Å². The standard InChI is InChI=1S/C27H31N3O3/c31-25(20-9-3-1-4-10-20)28-15-17-29(18-16-28)27(33)24-19-22-13-7-8-14-23(22)30(24)26(32)21-11-5-2-6-12-21/h1-6,9-12,22-24H,7-8,13-19H2. The Labute approximate surface area is 195 Å². The molecule has 0 bridgehead atoms. The van der Waals surface area contributed by atoms with Gasteiger partial charge in [0.1, 0.15) is 6.04 Å². The van der Waals surface area contributed by atoms with Crippen LogP contribution in [0.1, 0.15) is 52.8 Å². The van der Waals surface area contributed by atoms with Crippen molar-refractivity contribution in [3.63, 3.8) is 0 Å². The van der Waals surface area contributed by atoms with Gasteiger partial charge in [-0.3, -0.25) is 14.4 Å². The lowest BCUT2D eigenvalue weighted by Crippen LogP contribution is -2.56. The molecule has 6 heteroatoms. The molecule has 0 N–H and O–H groups in total. The highest BCUT2D eigenvalue weighted by Crippen LogP contribution is 2.41. The summed E-state index contributed by atoms with van der Waals surface area (Å²) in [6.45, 7) is 2.06. The third-order valence-electron chi connectivity index (χ3n) is 7.53. The zero-order chi connectivity index (χ0) is 22.8. The topological polar surface area (TPSA) is 60.9 Å². The molecule has 2 aromatic carbocycles. The lowest BCUT2D eigenvalue weighted by molar-refractivity contribution is -0.137. The zero-order valence-corrected chi connectivity index (χ0v) is 18.9. The van der Waals surface area contributed by atoms with Gasteiger partial charge in [-0.15, -0.1) is 0 Å². The molecule has 2 aliphatic heterocycles. The van der Waals surface area contributed by atoms with Crippen molar-refractivity contribution in [1.82, 2.24) is 14.7 Å². The molecular weight excluding hydrogens is 414 g/mol. The second-order valence-corrected chi connectivity index (χ2v) is 9.43. The Morgan fingerprint density at radius 2 is 1.21 bits per heavy atom. The minimum Gasteiger partial charge on any atom is -0.337 e. The van der Waals surface area contributed by atoms with Gasteiger partial charge in [-0.2, -0.15) is 0 Å². The van der Waals surface area contributed by atoms with Crippen LogP contribution in [0.4, 0.5) is 0 Å². The monoisotopic (exact) mass is 445 g/mol. The van der Waals surface area contributed by atoms with E-state index >= 15 is 0 Å². The highest BCUT2D eigenvalue weighted by Gasteiger charge is 2.48. The first kappa shape index (κ1) is 21.7. The van der Waals surface area contributed by atoms with Crippen molar-refractivity contribution in [1.29, 1.82) is 0 Å². The first-order valence-electron chi connectivity index (χ1n) is 12.1. The third-order valence-corrected chi connectivity index (χ3v) is 7.53. The number of hydrogen-bond acceptors (Lipinski definition) is 3. The average Bonchev–Trinajstić information content (AvgIpc) is 3.28. The normalized spacial score (nSPS) is 25.0. The molecule has 1 aliphatic carbocycles. The minimum absolute atomic E-state index is 0.00969. The van der Waals surface area contributed by atoms with Crippen LogP contribution < -0.4 is 0 Å². The summed E-state index contributed by atoms with van der Waals surface area (Å²) in [5.74, 6) is 0.429. The van der Waals surface area contributed by atoms with E-state index in [2.05, 4.69) is 0 Å². The quantitative estimate of drug-likeness (QED) is 0.727. The summed E-state index contributed by atoms with van der Waals surface area (Å²) in [6.07, 6.45) is 5.11. The Morgan fingerprint density at radius 3 is 1.85 bits per heavy atom. The van der Waals surface area contributed by atoms with Crippen LogP contribution >= 0.6 is 0 Å². The van der Waals surface area contributed by atoms with Gasteiger partial charge in [0, 0.05) is 43.3 Å². The van der Waals surface area contributed by atoms with E-state index in [0.717, 1.165) is 25.7 Å². The van der Waals surface area contributed by atoms with Crippen molar-refractivity contribution in [2.24, 2.45) is 5.92 Å². The summed E-state index contributed by atoms with van der Waals surface area (Å²) in [5, 5.41) is 0. The third kappa shape index (κ3) is 4.26. The molecule has 6 nitrogen and oxygen atoms in total. The summed E-state index contributed by atoms with van der Waals surface area (Å²) in [6, 6.07) is 18.4. The Bertz CT molecular complexity index is 1000. The zero-order valence-electron chi connectivity index (χ0n) is 18.9. The fourth-order valence-corrected chi connectivity index (χ4v) is 5.81. The Balaban J connectivity index is 1.30. The number of piperazine rings is 1. The Kier molecular flexibility index (Phi) is 6.16. The van der Waals surface area contributed by atoms with Gasteiger partial charge in [-0.1, -0.05) is 49.2 Å². The van der Waals surface area contributed by atoms with E-state index in [9.17, 15) is 14.4 Å². The van der Waals surface area contributed by atoms with Crippen LogP contribution in [0.15, 0.2) is 60.7 Å². The first-order valence-corrected chi connectivity index (χ1v) is 12.1. The van der Waals surface area contributed by atoms with Gasteiger partial charge in [0.2, 0.25) is 5.91 Å². The van der Waals surface area contributed by atoms with E-state index in [1.165, 1.54) is 6.42 Å². The lowest BCUT2D eigenvalue weighted by atomic mass is 9.84. The fraction of sp³-hybridized carbons (Fsp3) is 0.444. The molecule has 1 saturated carbocycles. The predicted molar refractivity (Wildman–Crippen MR) is 126 cm³/mol. The maximum atomic E-state index is 13.7. The van der Waals surface area contributed by atoms with Crippen molar-refractivity contribution in [2.75, 3.05) is 26.2 Å². The molecule has 172 valence electrons. The van der Waals surface area contributed by atoms with Crippen molar-refractivity contribution >= 4 is 17.7 Å².